The van der Waals surface area contributed by atoms with Crippen molar-refractivity contribution in [2.75, 3.05) is 69.6 Å². The SMILES string of the molecule is N.Nc1ncnc2c1ncn2[C@@H]1O[C@@H]2COP(O)(=S)O[C@@H]3C[C@@H](COP(=O)(S)O[C@H]2[C@@H]1F)O[C@H]3n1ccc(=O)n2ccnc12.Nc1ncnc2c1ncn2[C@@H]1O[C@@H]2COP(O)(=S)O[C@@H]3C[C@@H](COP(O)(=S)O[C@H]2[C@@H]1F)O[C@H]3n1ccc(=O)n2ccnc12.O.[C-]#[N+]CCOP1(=S)OC[C@@H]2C[C@@H](OP(O)(=S)OC[C@H]3O[C@@H](n4cnc5c(NC(=O)c6ccccc6)ncnc54)[C@@H](F)[C@@H]3O1)[C@H](n1ccc(=O)n3ccnc13)O2. The van der Waals surface area contributed by atoms with Gasteiger partial charge in [0.05, 0.1) is 76.9 Å². The number of fused-ring (bicyclic) bond motifs is 15. The van der Waals surface area contributed by atoms with Gasteiger partial charge in [-0.2, -0.15) is 0 Å². The summed E-state index contributed by atoms with van der Waals surface area (Å²) in [6, 6.07) is 12.4. The highest BCUT2D eigenvalue weighted by Gasteiger charge is 2.57. The standard InChI is InChI=1S/C31H30FN9O10P2S2.2C21H23FN8O9P2S2.H3N.H2O/c1-33-9-12-45-53(55)47-14-19-13-20(29(48-19)40-10-7-22(42)39-11-8-34-31(39)40)50-52(44,54)46-15-21-25(51-53)23(32)30(49-21)41-17-37-24-26(35-16-36-27(24)41)38-28(43)18-5-3-2-4-6-18;2*22-14-16-12(37-20(14)30-9-27-15-17(23)25-8-26-18(15)30)7-35-40(32,42)38-11-5-10(6-34-41(33,43)39-16)36-19(11)29-3-1-13(31)28-4-2-24-21(28)29;;/h2-8,10-11,16-17,19-21,23,25,29-30H,9,12-15H2,(H,44,54)(H,35,36,38,43);2*1-4,8-12,14,16,19-20H,5-7H2,(H,32,42)(H,33,43)(H2,23,25,26);1H3;1H2/t19-,20+,21+,23-,25+,29+,30+,52?,53?;2*10-,11+,12+,14-,16+,19+,20+,40?,41?;;/m000../s1. The van der Waals surface area contributed by atoms with E-state index in [4.69, 9.17) is 164 Å². The number of ether oxygens (including phenoxy) is 6. The van der Waals surface area contributed by atoms with Crippen LogP contribution in [0.15, 0.2) is 157 Å². The van der Waals surface area contributed by atoms with Gasteiger partial charge in [-0.15, -0.1) is 0 Å². The van der Waals surface area contributed by atoms with E-state index in [1.807, 2.05) is 0 Å². The van der Waals surface area contributed by atoms with Crippen molar-refractivity contribution in [1.29, 1.82) is 0 Å². The number of carbonyl (C=O) groups excluding carboxylic acids is 1. The van der Waals surface area contributed by atoms with Crippen LogP contribution < -0.4 is 39.6 Å². The fourth-order valence-corrected chi connectivity index (χ4v) is 26.3. The maximum atomic E-state index is 16.8. The summed E-state index contributed by atoms with van der Waals surface area (Å²) in [7, 11) is 0. The zero-order valence-corrected chi connectivity index (χ0v) is 83.1. The van der Waals surface area contributed by atoms with Gasteiger partial charge < -0.3 is 122 Å². The van der Waals surface area contributed by atoms with Crippen LogP contribution >= 0.6 is 52.6 Å². The molecule has 14 N–H and O–H groups in total. The third-order valence-corrected chi connectivity index (χ3v) is 33.5. The Labute approximate surface area is 830 Å². The van der Waals surface area contributed by atoms with Gasteiger partial charge in [-0.05, 0) is 71.2 Å². The summed E-state index contributed by atoms with van der Waals surface area (Å²) < 4.78 is 186. The van der Waals surface area contributed by atoms with Crippen LogP contribution in [-0.2, 0) is 151 Å². The maximum absolute atomic E-state index is 16.8. The van der Waals surface area contributed by atoms with Gasteiger partial charge >= 0.3 is 40.4 Å². The molecule has 12 aromatic heterocycles. The molecule has 22 rings (SSSR count). The van der Waals surface area contributed by atoms with Crippen molar-refractivity contribution in [3.05, 3.63) is 190 Å². The molecule has 55 nitrogen and oxygen atoms in total. The third kappa shape index (κ3) is 21.7. The molecule has 0 aliphatic carbocycles. The Hall–Kier alpha value is -8.69. The molecular formula is C73H81F3N26O29P6S6. The van der Waals surface area contributed by atoms with Gasteiger partial charge in [-0.1, -0.05) is 30.4 Å². The molecule has 13 aromatic rings. The van der Waals surface area contributed by atoms with Gasteiger partial charge in [0.1, 0.15) is 91.6 Å². The summed E-state index contributed by atoms with van der Waals surface area (Å²) in [6.45, 7) is -19.8. The van der Waals surface area contributed by atoms with Crippen molar-refractivity contribution in [1.82, 2.24) is 107 Å². The molecule has 1 amide bonds. The zero-order chi connectivity index (χ0) is 98.5. The molecule has 9 aliphatic heterocycles. The maximum Gasteiger partial charge on any atom is 0.386 e. The third-order valence-electron chi connectivity index (χ3n) is 23.2. The number of hydrogen-bond donors (Lipinski definition) is 9. The Morgan fingerprint density at radius 1 is 0.462 bits per heavy atom. The van der Waals surface area contributed by atoms with E-state index >= 15 is 13.2 Å². The lowest BCUT2D eigenvalue weighted by molar-refractivity contribution is -0.0610. The molecule has 1 aromatic carbocycles. The summed E-state index contributed by atoms with van der Waals surface area (Å²) in [5.74, 6) is 0.526. The van der Waals surface area contributed by atoms with Crippen LogP contribution in [0.4, 0.5) is 30.6 Å². The van der Waals surface area contributed by atoms with Gasteiger partial charge in [0.25, 0.3) is 22.6 Å². The Balaban J connectivity index is 0.000000142. The number of rotatable bonds is 11. The molecular weight excluding hydrogens is 2140 g/mol. The number of benzene rings is 1. The second-order valence-electron chi connectivity index (χ2n) is 32.1. The van der Waals surface area contributed by atoms with E-state index in [0.29, 0.717) is 5.56 Å². The first-order valence-corrected chi connectivity index (χ1v) is 57.7. The van der Waals surface area contributed by atoms with Crippen molar-refractivity contribution < 1.29 is 135 Å². The van der Waals surface area contributed by atoms with Crippen molar-refractivity contribution in [2.45, 2.75) is 148 Å². The summed E-state index contributed by atoms with van der Waals surface area (Å²) in [5, 5.41) is 2.70. The van der Waals surface area contributed by atoms with Crippen LogP contribution in [-0.4, -0.2) is 276 Å². The number of carbonyl (C=O) groups is 1. The van der Waals surface area contributed by atoms with Gasteiger partial charge in [0.15, 0.2) is 95.8 Å². The number of halogens is 3. The summed E-state index contributed by atoms with van der Waals surface area (Å²) in [4.78, 5) is 147. The van der Waals surface area contributed by atoms with Crippen molar-refractivity contribution in [3.8, 4) is 0 Å². The monoisotopic (exact) mass is 2220 g/mol. The highest BCUT2D eigenvalue weighted by molar-refractivity contribution is 8.44. The molecule has 21 heterocycles. The minimum absolute atomic E-state index is 0. The molecule has 9 fully saturated rings. The van der Waals surface area contributed by atoms with Gasteiger partial charge in [-0.25, -0.2) is 84.1 Å². The number of amides is 1. The van der Waals surface area contributed by atoms with Crippen molar-refractivity contribution in [3.63, 3.8) is 0 Å². The lowest BCUT2D eigenvalue weighted by atomic mass is 10.1. The minimum atomic E-state index is -4.23. The molecule has 9 saturated heterocycles. The van der Waals surface area contributed by atoms with E-state index in [1.54, 1.807) is 39.5 Å². The number of nitrogens with zero attached hydrogens (tertiary/aromatic N) is 22. The first kappa shape index (κ1) is 104. The number of aromatic nitrogens is 21. The highest BCUT2D eigenvalue weighted by Crippen LogP contribution is 2.62. The van der Waals surface area contributed by atoms with E-state index in [9.17, 15) is 43.3 Å². The minimum Gasteiger partial charge on any atom is -0.412 e. The molecule has 0 saturated carbocycles. The van der Waals surface area contributed by atoms with Gasteiger partial charge in [-0.3, -0.25) is 77.9 Å². The summed E-state index contributed by atoms with van der Waals surface area (Å²) in [6.07, 6.45) is -5.34. The fourth-order valence-electron chi connectivity index (χ4n) is 16.9. The van der Waals surface area contributed by atoms with Crippen LogP contribution in [0.2, 0.25) is 0 Å². The number of nitrogen functional groups attached to an aromatic ring is 2. The molecule has 27 atom stereocenters. The predicted molar refractivity (Wildman–Crippen MR) is 507 cm³/mol. The average Bonchev–Trinajstić information content (AvgIpc) is 1.61. The fraction of sp³-hybridized carbons (Fsp3) is 0.438. The first-order valence-electron chi connectivity index (χ1n) is 42.1. The summed E-state index contributed by atoms with van der Waals surface area (Å²) >= 11 is 31.1. The first-order chi connectivity index (χ1) is 67.5. The second kappa shape index (κ2) is 42.1. The molecule has 6 unspecified atom stereocenters. The van der Waals surface area contributed by atoms with Crippen molar-refractivity contribution in [2.24, 2.45) is 0 Å². The Morgan fingerprint density at radius 3 is 1.26 bits per heavy atom. The van der Waals surface area contributed by atoms with Gasteiger partial charge in [0.2, 0.25) is 23.9 Å². The van der Waals surface area contributed by atoms with Crippen LogP contribution in [0.3, 0.4) is 0 Å². The lowest BCUT2D eigenvalue weighted by Crippen LogP contribution is -2.34. The number of nitrogens with two attached hydrogens (primary N) is 2. The van der Waals surface area contributed by atoms with E-state index < -0.39 is 195 Å². The predicted octanol–water partition coefficient (Wildman–Crippen LogP) is 4.85. The molecule has 0 spiro atoms. The van der Waals surface area contributed by atoms with Crippen LogP contribution in [0, 0.1) is 6.57 Å². The topological polar surface area (TPSA) is 674 Å². The Morgan fingerprint density at radius 2 is 0.832 bits per heavy atom. The molecule has 70 heteroatoms. The highest BCUT2D eigenvalue weighted by atomic mass is 32.7. The number of nitrogens with one attached hydrogen (secondary N) is 1. The largest absolute Gasteiger partial charge is 0.412 e. The molecule has 6 bridgehead atoms. The van der Waals surface area contributed by atoms with E-state index in [1.165, 1.54) is 143 Å². The smallest absolute Gasteiger partial charge is 0.386 e. The number of hydrogen-bond acceptors (Lipinski definition) is 44. The normalized spacial score (nSPS) is 34.4. The Bertz CT molecular complexity index is 7250. The Kier molecular flexibility index (Phi) is 30.7. The molecule has 9 aliphatic rings. The molecule has 143 heavy (non-hydrogen) atoms. The number of alkyl halides is 3. The summed E-state index contributed by atoms with van der Waals surface area (Å²) in [5.41, 5.74) is 12.2. The van der Waals surface area contributed by atoms with E-state index in [0.717, 1.165) is 0 Å². The molecule has 0 radical (unpaired) electrons. The van der Waals surface area contributed by atoms with Crippen LogP contribution in [0.5, 0.6) is 0 Å². The molecule has 764 valence electrons. The number of thiol groups is 1. The van der Waals surface area contributed by atoms with E-state index in [2.05, 4.69) is 82.2 Å². The average molecular weight is 2220 g/mol. The lowest BCUT2D eigenvalue weighted by Gasteiger charge is -2.29. The van der Waals surface area contributed by atoms with Gasteiger partial charge in [0, 0.05) is 98.8 Å². The van der Waals surface area contributed by atoms with Crippen LogP contribution in [0.1, 0.15) is 67.0 Å². The quantitative estimate of drug-likeness (QED) is 0.0362. The van der Waals surface area contributed by atoms with Crippen LogP contribution in [0.25, 0.3) is 55.7 Å². The second-order valence-corrected chi connectivity index (χ2v) is 49.1. The van der Waals surface area contributed by atoms with Crippen molar-refractivity contribution >= 4 is 186 Å². The zero-order valence-electron chi connectivity index (χ0n) is 72.8. The number of imidazole rings is 6. The number of anilines is 3. The van der Waals surface area contributed by atoms with E-state index in [-0.39, 0.29) is 149 Å².